The Morgan fingerprint density at radius 2 is 1.86 bits per heavy atom. The molecule has 144 valence electrons. The molecule has 0 aliphatic carbocycles. The van der Waals surface area contributed by atoms with Crippen molar-refractivity contribution in [3.05, 3.63) is 77.9 Å². The minimum absolute atomic E-state index is 0.0261. The van der Waals surface area contributed by atoms with Gasteiger partial charge in [0.05, 0.1) is 13.2 Å². The number of fused-ring (bicyclic) bond motifs is 1. The average Bonchev–Trinajstić information content (AvgIpc) is 3.26. The van der Waals surface area contributed by atoms with Crippen LogP contribution in [0.3, 0.4) is 0 Å². The van der Waals surface area contributed by atoms with E-state index < -0.39 is 0 Å². The molecular weight excluding hydrogens is 350 g/mol. The second-order valence-electron chi connectivity index (χ2n) is 7.16. The van der Waals surface area contributed by atoms with E-state index in [0.717, 1.165) is 47.1 Å². The number of methoxy groups -OCH3 is 1. The Morgan fingerprint density at radius 3 is 2.68 bits per heavy atom. The maximum atomic E-state index is 13.6. The zero-order valence-electron chi connectivity index (χ0n) is 16.1. The lowest BCUT2D eigenvalue weighted by Gasteiger charge is -2.27. The number of benzene rings is 3. The molecule has 1 unspecified atom stereocenters. The third-order valence-electron chi connectivity index (χ3n) is 5.31. The normalized spacial score (nSPS) is 16.2. The van der Waals surface area contributed by atoms with Gasteiger partial charge >= 0.3 is 0 Å². The van der Waals surface area contributed by atoms with E-state index in [1.54, 1.807) is 7.11 Å². The lowest BCUT2D eigenvalue weighted by atomic mass is 10.0. The molecule has 0 spiro atoms. The maximum Gasteiger partial charge on any atom is 0.254 e. The monoisotopic (exact) mass is 375 g/mol. The Kier molecular flexibility index (Phi) is 5.58. The number of amides is 1. The molecule has 3 aromatic rings. The van der Waals surface area contributed by atoms with Crippen LogP contribution in [0.15, 0.2) is 66.7 Å². The number of para-hydroxylation sites is 1. The van der Waals surface area contributed by atoms with Gasteiger partial charge in [-0.25, -0.2) is 0 Å². The van der Waals surface area contributed by atoms with Crippen molar-refractivity contribution in [3.8, 4) is 5.75 Å². The molecule has 1 fully saturated rings. The Balaban J connectivity index is 1.68. The highest BCUT2D eigenvalue weighted by atomic mass is 16.5. The second-order valence-corrected chi connectivity index (χ2v) is 7.16. The van der Waals surface area contributed by atoms with Gasteiger partial charge in [0.2, 0.25) is 0 Å². The van der Waals surface area contributed by atoms with Gasteiger partial charge in [0.1, 0.15) is 5.75 Å². The summed E-state index contributed by atoms with van der Waals surface area (Å²) in [5, 5.41) is 2.05. The van der Waals surface area contributed by atoms with Crippen molar-refractivity contribution >= 4 is 16.7 Å². The van der Waals surface area contributed by atoms with Gasteiger partial charge in [-0.3, -0.25) is 4.79 Å². The fourth-order valence-corrected chi connectivity index (χ4v) is 3.87. The van der Waals surface area contributed by atoms with Crippen LogP contribution in [0.2, 0.25) is 0 Å². The van der Waals surface area contributed by atoms with E-state index in [0.29, 0.717) is 13.1 Å². The summed E-state index contributed by atoms with van der Waals surface area (Å²) >= 11 is 0. The number of ether oxygens (including phenoxy) is 2. The van der Waals surface area contributed by atoms with Gasteiger partial charge in [-0.05, 0) is 35.7 Å². The minimum Gasteiger partial charge on any atom is -0.496 e. The number of carbonyl (C=O) groups is 1. The van der Waals surface area contributed by atoms with E-state index in [4.69, 9.17) is 9.47 Å². The molecule has 0 bridgehead atoms. The van der Waals surface area contributed by atoms with Crippen LogP contribution in [0, 0.1) is 0 Å². The summed E-state index contributed by atoms with van der Waals surface area (Å²) in [4.78, 5) is 15.5. The van der Waals surface area contributed by atoms with Crippen molar-refractivity contribution in [3.63, 3.8) is 0 Å². The van der Waals surface area contributed by atoms with Crippen LogP contribution in [0.5, 0.6) is 5.75 Å². The van der Waals surface area contributed by atoms with Gasteiger partial charge in [-0.2, -0.15) is 0 Å². The first-order chi connectivity index (χ1) is 13.8. The van der Waals surface area contributed by atoms with E-state index in [1.807, 2.05) is 71.6 Å². The Labute approximate surface area is 165 Å². The molecule has 0 N–H and O–H groups in total. The lowest BCUT2D eigenvalue weighted by Crippen LogP contribution is -2.37. The van der Waals surface area contributed by atoms with Gasteiger partial charge < -0.3 is 14.4 Å². The minimum atomic E-state index is 0.0261. The average molecular weight is 375 g/mol. The first-order valence-corrected chi connectivity index (χ1v) is 9.77. The van der Waals surface area contributed by atoms with Gasteiger partial charge in [0, 0.05) is 30.8 Å². The van der Waals surface area contributed by atoms with Crippen LogP contribution in [-0.2, 0) is 11.3 Å². The summed E-state index contributed by atoms with van der Waals surface area (Å²) in [6, 6.07) is 21.8. The molecule has 1 aliphatic heterocycles. The molecule has 3 aromatic carbocycles. The van der Waals surface area contributed by atoms with Gasteiger partial charge in [0.25, 0.3) is 5.91 Å². The van der Waals surface area contributed by atoms with Crippen molar-refractivity contribution in [1.29, 1.82) is 0 Å². The largest absolute Gasteiger partial charge is 0.496 e. The van der Waals surface area contributed by atoms with Gasteiger partial charge in [-0.1, -0.05) is 54.6 Å². The fraction of sp³-hybridized carbons (Fsp3) is 0.292. The summed E-state index contributed by atoms with van der Waals surface area (Å²) < 4.78 is 11.3. The highest BCUT2D eigenvalue weighted by Crippen LogP contribution is 2.25. The molecule has 1 aliphatic rings. The molecule has 0 radical (unpaired) electrons. The number of carbonyl (C=O) groups excluding carboxylic acids is 1. The lowest BCUT2D eigenvalue weighted by molar-refractivity contribution is 0.0507. The third-order valence-corrected chi connectivity index (χ3v) is 5.31. The standard InChI is InChI=1S/C24H25NO3/c1-27-23-14-5-3-9-19(23)16-25(17-20-11-7-15-28-20)24(26)22-13-6-10-18-8-2-4-12-21(18)22/h2-6,8-10,12-14,20H,7,11,15-17H2,1H3. The first kappa shape index (κ1) is 18.5. The molecule has 4 nitrogen and oxygen atoms in total. The van der Waals surface area contributed by atoms with E-state index in [1.165, 1.54) is 0 Å². The van der Waals surface area contributed by atoms with Crippen molar-refractivity contribution in [1.82, 2.24) is 4.90 Å². The Morgan fingerprint density at radius 1 is 1.07 bits per heavy atom. The first-order valence-electron chi connectivity index (χ1n) is 9.77. The van der Waals surface area contributed by atoms with Crippen LogP contribution >= 0.6 is 0 Å². The van der Waals surface area contributed by atoms with Crippen molar-refractivity contribution in [2.45, 2.75) is 25.5 Å². The fourth-order valence-electron chi connectivity index (χ4n) is 3.87. The summed E-state index contributed by atoms with van der Waals surface area (Å²) in [5.74, 6) is 0.823. The van der Waals surface area contributed by atoms with Crippen LogP contribution in [0.1, 0.15) is 28.8 Å². The molecule has 1 saturated heterocycles. The van der Waals surface area contributed by atoms with Crippen molar-refractivity contribution < 1.29 is 14.3 Å². The maximum absolute atomic E-state index is 13.6. The highest BCUT2D eigenvalue weighted by molar-refractivity contribution is 6.07. The van der Waals surface area contributed by atoms with Crippen molar-refractivity contribution in [2.75, 3.05) is 20.3 Å². The molecule has 0 saturated carbocycles. The predicted molar refractivity (Wildman–Crippen MR) is 111 cm³/mol. The van der Waals surface area contributed by atoms with Crippen LogP contribution in [-0.4, -0.2) is 37.2 Å². The van der Waals surface area contributed by atoms with Gasteiger partial charge in [0.15, 0.2) is 0 Å². The molecular formula is C24H25NO3. The zero-order chi connectivity index (χ0) is 19.3. The molecule has 4 rings (SSSR count). The van der Waals surface area contributed by atoms with Crippen molar-refractivity contribution in [2.24, 2.45) is 0 Å². The van der Waals surface area contributed by atoms with Crippen LogP contribution < -0.4 is 4.74 Å². The highest BCUT2D eigenvalue weighted by Gasteiger charge is 2.25. The summed E-state index contributed by atoms with van der Waals surface area (Å²) in [6.45, 7) is 1.85. The number of nitrogens with zero attached hydrogens (tertiary/aromatic N) is 1. The molecule has 1 heterocycles. The van der Waals surface area contributed by atoms with E-state index in [-0.39, 0.29) is 12.0 Å². The molecule has 0 aromatic heterocycles. The SMILES string of the molecule is COc1ccccc1CN(CC1CCCO1)C(=O)c1cccc2ccccc12. The van der Waals surface area contributed by atoms with E-state index in [2.05, 4.69) is 0 Å². The van der Waals surface area contributed by atoms with Crippen LogP contribution in [0.4, 0.5) is 0 Å². The number of hydrogen-bond donors (Lipinski definition) is 0. The molecule has 1 atom stereocenters. The predicted octanol–water partition coefficient (Wildman–Crippen LogP) is 4.67. The zero-order valence-corrected chi connectivity index (χ0v) is 16.1. The molecule has 28 heavy (non-hydrogen) atoms. The number of rotatable bonds is 6. The van der Waals surface area contributed by atoms with E-state index >= 15 is 0 Å². The Bertz CT molecular complexity index is 957. The van der Waals surface area contributed by atoms with E-state index in [9.17, 15) is 4.79 Å². The quantitative estimate of drug-likeness (QED) is 0.628. The smallest absolute Gasteiger partial charge is 0.254 e. The third kappa shape index (κ3) is 3.87. The summed E-state index contributed by atoms with van der Waals surface area (Å²) in [6.07, 6.45) is 2.13. The topological polar surface area (TPSA) is 38.8 Å². The van der Waals surface area contributed by atoms with Crippen LogP contribution in [0.25, 0.3) is 10.8 Å². The molecule has 4 heteroatoms. The molecule has 1 amide bonds. The second kappa shape index (κ2) is 8.44. The summed E-state index contributed by atoms with van der Waals surface area (Å²) in [5.41, 5.74) is 1.72. The van der Waals surface area contributed by atoms with Gasteiger partial charge in [-0.15, -0.1) is 0 Å². The Hall–Kier alpha value is -2.85. The number of hydrogen-bond acceptors (Lipinski definition) is 3. The summed E-state index contributed by atoms with van der Waals surface area (Å²) in [7, 11) is 1.66.